The molecule has 0 saturated carbocycles. The van der Waals surface area contributed by atoms with Crippen molar-refractivity contribution in [2.45, 2.75) is 46.7 Å². The van der Waals surface area contributed by atoms with Gasteiger partial charge in [0, 0.05) is 12.2 Å². The molecule has 0 saturated heterocycles. The van der Waals surface area contributed by atoms with Crippen molar-refractivity contribution >= 4 is 28.5 Å². The zero-order valence-corrected chi connectivity index (χ0v) is 24.0. The molecule has 9 heteroatoms. The van der Waals surface area contributed by atoms with Gasteiger partial charge in [-0.25, -0.2) is 4.68 Å². The van der Waals surface area contributed by atoms with Crippen LogP contribution in [0.3, 0.4) is 0 Å². The lowest BCUT2D eigenvalue weighted by molar-refractivity contribution is -0.127. The summed E-state index contributed by atoms with van der Waals surface area (Å²) < 4.78 is 12.6. The van der Waals surface area contributed by atoms with Gasteiger partial charge in [-0.1, -0.05) is 49.4 Å². The second-order valence-electron chi connectivity index (χ2n) is 10.2. The molecule has 1 N–H and O–H groups in total. The molecule has 0 radical (unpaired) electrons. The van der Waals surface area contributed by atoms with Crippen LogP contribution in [0.5, 0.6) is 11.5 Å². The summed E-state index contributed by atoms with van der Waals surface area (Å²) in [6.45, 7) is 8.54. The van der Waals surface area contributed by atoms with Crippen LogP contribution in [0, 0.1) is 19.8 Å². The second-order valence-corrected chi connectivity index (χ2v) is 10.2. The third kappa shape index (κ3) is 6.09. The maximum absolute atomic E-state index is 14.3. The molecule has 1 atom stereocenters. The number of hydrogen-bond donors (Lipinski definition) is 1. The molecule has 4 rings (SSSR count). The number of benzene rings is 3. The van der Waals surface area contributed by atoms with E-state index in [4.69, 9.17) is 9.47 Å². The van der Waals surface area contributed by atoms with Crippen LogP contribution in [0.1, 0.15) is 43.0 Å². The lowest BCUT2D eigenvalue weighted by Crippen LogP contribution is -2.46. The Hall–Kier alpha value is -4.40. The van der Waals surface area contributed by atoms with E-state index in [1.165, 1.54) is 0 Å². The van der Waals surface area contributed by atoms with E-state index < -0.39 is 6.04 Å². The summed E-state index contributed by atoms with van der Waals surface area (Å²) in [5, 5.41) is 11.5. The van der Waals surface area contributed by atoms with Crippen molar-refractivity contribution in [2.24, 2.45) is 5.92 Å². The van der Waals surface area contributed by atoms with E-state index in [9.17, 15) is 9.59 Å². The Labute approximate surface area is 235 Å². The summed E-state index contributed by atoms with van der Waals surface area (Å²) in [6, 6.07) is 17.5. The fraction of sp³-hybridized carbons (Fsp3) is 0.355. The molecule has 2 amide bonds. The Morgan fingerprint density at radius 1 is 0.975 bits per heavy atom. The number of carbonyl (C=O) groups excluding carboxylic acids is 2. The highest BCUT2D eigenvalue weighted by atomic mass is 16.5. The zero-order valence-electron chi connectivity index (χ0n) is 24.0. The highest BCUT2D eigenvalue weighted by molar-refractivity contribution is 6.02. The largest absolute Gasteiger partial charge is 0.493 e. The molecule has 0 bridgehead atoms. The summed E-state index contributed by atoms with van der Waals surface area (Å²) in [4.78, 5) is 29.9. The number of para-hydroxylation sites is 1. The number of anilines is 1. The minimum Gasteiger partial charge on any atom is -0.493 e. The van der Waals surface area contributed by atoms with Crippen molar-refractivity contribution in [3.8, 4) is 11.5 Å². The molecule has 9 nitrogen and oxygen atoms in total. The van der Waals surface area contributed by atoms with Gasteiger partial charge in [-0.05, 0) is 73.2 Å². The van der Waals surface area contributed by atoms with Crippen molar-refractivity contribution in [3.05, 3.63) is 77.4 Å². The van der Waals surface area contributed by atoms with Crippen LogP contribution in [0.25, 0.3) is 11.0 Å². The molecule has 0 fully saturated rings. The minimum absolute atomic E-state index is 0.100. The molecular formula is C31H37N5O4. The van der Waals surface area contributed by atoms with E-state index in [-0.39, 0.29) is 18.4 Å². The number of rotatable bonds is 11. The van der Waals surface area contributed by atoms with Gasteiger partial charge in [0.2, 0.25) is 11.8 Å². The Bertz CT molecular complexity index is 1500. The van der Waals surface area contributed by atoms with Crippen molar-refractivity contribution < 1.29 is 19.1 Å². The van der Waals surface area contributed by atoms with E-state index in [1.807, 2.05) is 56.3 Å². The first-order valence-corrected chi connectivity index (χ1v) is 13.4. The van der Waals surface area contributed by atoms with Gasteiger partial charge in [0.1, 0.15) is 18.1 Å². The first-order chi connectivity index (χ1) is 19.2. The molecule has 3 aromatic carbocycles. The van der Waals surface area contributed by atoms with Crippen LogP contribution < -0.4 is 19.7 Å². The van der Waals surface area contributed by atoms with Crippen molar-refractivity contribution in [1.29, 1.82) is 0 Å². The normalized spacial score (nSPS) is 11.9. The highest BCUT2D eigenvalue weighted by Gasteiger charge is 2.35. The fourth-order valence-electron chi connectivity index (χ4n) is 4.67. The highest BCUT2D eigenvalue weighted by Crippen LogP contribution is 2.36. The van der Waals surface area contributed by atoms with Gasteiger partial charge in [-0.15, -0.1) is 5.10 Å². The summed E-state index contributed by atoms with van der Waals surface area (Å²) in [5.74, 6) is 0.824. The first kappa shape index (κ1) is 28.6. The van der Waals surface area contributed by atoms with E-state index >= 15 is 0 Å². The van der Waals surface area contributed by atoms with Crippen LogP contribution in [0.15, 0.2) is 60.7 Å². The molecule has 1 heterocycles. The lowest BCUT2D eigenvalue weighted by atomic mass is 9.99. The smallest absolute Gasteiger partial charge is 0.249 e. The molecule has 40 heavy (non-hydrogen) atoms. The van der Waals surface area contributed by atoms with E-state index in [1.54, 1.807) is 42.0 Å². The fourth-order valence-corrected chi connectivity index (χ4v) is 4.67. The quantitative estimate of drug-likeness (QED) is 0.286. The van der Waals surface area contributed by atoms with Gasteiger partial charge < -0.3 is 14.8 Å². The number of ether oxygens (including phenoxy) is 2. The van der Waals surface area contributed by atoms with Crippen LogP contribution in [0.2, 0.25) is 0 Å². The number of fused-ring (bicyclic) bond motifs is 1. The number of methoxy groups -OCH3 is 2. The molecule has 0 aliphatic carbocycles. The Balaban J connectivity index is 1.85. The Morgan fingerprint density at radius 2 is 1.73 bits per heavy atom. The van der Waals surface area contributed by atoms with Gasteiger partial charge in [-0.2, -0.15) is 0 Å². The second kappa shape index (κ2) is 12.6. The van der Waals surface area contributed by atoms with Gasteiger partial charge >= 0.3 is 0 Å². The average molecular weight is 544 g/mol. The zero-order chi connectivity index (χ0) is 28.8. The van der Waals surface area contributed by atoms with E-state index in [0.717, 1.165) is 23.1 Å². The van der Waals surface area contributed by atoms with Crippen molar-refractivity contribution in [1.82, 2.24) is 20.3 Å². The van der Waals surface area contributed by atoms with Crippen LogP contribution in [-0.4, -0.2) is 47.6 Å². The van der Waals surface area contributed by atoms with Crippen LogP contribution in [-0.2, 0) is 16.1 Å². The number of amides is 2. The molecule has 210 valence electrons. The summed E-state index contributed by atoms with van der Waals surface area (Å²) >= 11 is 0. The Morgan fingerprint density at radius 3 is 2.45 bits per heavy atom. The number of nitrogens with zero attached hydrogens (tertiary/aromatic N) is 4. The standard InChI is InChI=1S/C31H37N5O4/c1-20(2)16-17-32-31(38)30(23-14-15-27(39-5)28(18-23)40-6)36(25-13-9-10-21(3)22(25)4)29(37)19-35-26-12-8-7-11-24(26)33-34-35/h7-15,18,20,30H,16-17,19H2,1-6H3,(H,32,38)/t30-/m0/s1. The molecule has 0 unspecified atom stereocenters. The third-order valence-corrected chi connectivity index (χ3v) is 7.06. The lowest BCUT2D eigenvalue weighted by Gasteiger charge is -2.33. The SMILES string of the molecule is COc1ccc([C@@H](C(=O)NCCC(C)C)N(C(=O)Cn2nnc3ccccc32)c2cccc(C)c2C)cc1OC. The molecule has 0 aliphatic rings. The predicted molar refractivity (Wildman–Crippen MR) is 156 cm³/mol. The van der Waals surface area contributed by atoms with Crippen molar-refractivity contribution in [2.75, 3.05) is 25.7 Å². The number of nitrogens with one attached hydrogen (secondary N) is 1. The van der Waals surface area contributed by atoms with Crippen LogP contribution >= 0.6 is 0 Å². The van der Waals surface area contributed by atoms with Gasteiger partial charge in [0.15, 0.2) is 11.5 Å². The molecule has 4 aromatic rings. The van der Waals surface area contributed by atoms with Gasteiger partial charge in [-0.3, -0.25) is 14.5 Å². The van der Waals surface area contributed by atoms with E-state index in [2.05, 4.69) is 29.5 Å². The van der Waals surface area contributed by atoms with Crippen molar-refractivity contribution in [3.63, 3.8) is 0 Å². The average Bonchev–Trinajstić information content (AvgIpc) is 3.35. The van der Waals surface area contributed by atoms with Gasteiger partial charge in [0.05, 0.1) is 19.7 Å². The third-order valence-electron chi connectivity index (χ3n) is 7.06. The van der Waals surface area contributed by atoms with Gasteiger partial charge in [0.25, 0.3) is 0 Å². The predicted octanol–water partition coefficient (Wildman–Crippen LogP) is 5.00. The molecule has 0 spiro atoms. The monoisotopic (exact) mass is 543 g/mol. The minimum atomic E-state index is -0.977. The summed E-state index contributed by atoms with van der Waals surface area (Å²) in [5.41, 5.74) is 4.58. The molecular weight excluding hydrogens is 506 g/mol. The summed E-state index contributed by atoms with van der Waals surface area (Å²) in [6.07, 6.45) is 0.812. The first-order valence-electron chi connectivity index (χ1n) is 13.4. The molecule has 1 aromatic heterocycles. The summed E-state index contributed by atoms with van der Waals surface area (Å²) in [7, 11) is 3.10. The maximum atomic E-state index is 14.3. The van der Waals surface area contributed by atoms with Crippen LogP contribution in [0.4, 0.5) is 5.69 Å². The molecule has 0 aliphatic heterocycles. The number of aromatic nitrogens is 3. The van der Waals surface area contributed by atoms with E-state index in [0.29, 0.717) is 40.7 Å². The number of aryl methyl sites for hydroxylation is 1. The topological polar surface area (TPSA) is 98.6 Å². The number of carbonyl (C=O) groups is 2. The maximum Gasteiger partial charge on any atom is 0.249 e. The number of hydrogen-bond acceptors (Lipinski definition) is 6. The Kier molecular flexibility index (Phi) is 9.04.